The number of fused-ring (bicyclic) bond motifs is 1. The van der Waals surface area contributed by atoms with Crippen molar-refractivity contribution in [2.24, 2.45) is 4.99 Å². The molecule has 2 aromatic carbocycles. The summed E-state index contributed by atoms with van der Waals surface area (Å²) in [6.45, 7) is 4.15. The second-order valence-electron chi connectivity index (χ2n) is 6.80. The lowest BCUT2D eigenvalue weighted by atomic mass is 10.1. The number of nitrogens with zero attached hydrogens (tertiary/aromatic N) is 2. The van der Waals surface area contributed by atoms with Crippen LogP contribution in [0.15, 0.2) is 47.5 Å². The van der Waals surface area contributed by atoms with E-state index >= 15 is 0 Å². The molecule has 0 bridgehead atoms. The average Bonchev–Trinajstić information content (AvgIpc) is 3.14. The summed E-state index contributed by atoms with van der Waals surface area (Å²) in [7, 11) is 3.96. The summed E-state index contributed by atoms with van der Waals surface area (Å²) in [6.07, 6.45) is 0. The van der Waals surface area contributed by atoms with Gasteiger partial charge in [0.15, 0.2) is 17.5 Å². The lowest BCUT2D eigenvalue weighted by Gasteiger charge is -2.26. The first kappa shape index (κ1) is 23.2. The van der Waals surface area contributed by atoms with E-state index < -0.39 is 0 Å². The Morgan fingerprint density at radius 1 is 1.14 bits per heavy atom. The van der Waals surface area contributed by atoms with Crippen molar-refractivity contribution in [2.75, 3.05) is 34.0 Å². The van der Waals surface area contributed by atoms with Crippen molar-refractivity contribution >= 4 is 29.9 Å². The number of likely N-dealkylation sites (N-methyl/N-ethyl adjacent to an activating group) is 1. The lowest BCUT2D eigenvalue weighted by Crippen LogP contribution is -2.41. The van der Waals surface area contributed by atoms with Crippen molar-refractivity contribution < 1.29 is 13.9 Å². The van der Waals surface area contributed by atoms with Crippen LogP contribution in [0.2, 0.25) is 0 Å². The zero-order valence-corrected chi connectivity index (χ0v) is 19.3. The van der Waals surface area contributed by atoms with E-state index in [1.807, 2.05) is 45.3 Å². The second kappa shape index (κ2) is 11.2. The SMILES string of the molecule is CCNC(=NCc1ccc2c(c1)OCO2)NCC(c1cccc(F)c1)N(C)C.I. The third kappa shape index (κ3) is 6.46. The molecule has 3 rings (SSSR count). The molecule has 1 unspecified atom stereocenters. The van der Waals surface area contributed by atoms with Crippen LogP contribution < -0.4 is 20.1 Å². The number of benzene rings is 2. The molecular weight excluding hydrogens is 486 g/mol. The number of aliphatic imine (C=N–C) groups is 1. The van der Waals surface area contributed by atoms with Crippen molar-refractivity contribution in [1.29, 1.82) is 0 Å². The Kier molecular flexibility index (Phi) is 8.97. The van der Waals surface area contributed by atoms with Crippen molar-refractivity contribution in [3.63, 3.8) is 0 Å². The molecule has 29 heavy (non-hydrogen) atoms. The number of ether oxygens (including phenoxy) is 2. The first-order chi connectivity index (χ1) is 13.6. The van der Waals surface area contributed by atoms with Crippen molar-refractivity contribution in [3.8, 4) is 11.5 Å². The molecule has 0 aromatic heterocycles. The van der Waals surface area contributed by atoms with Gasteiger partial charge in [0.05, 0.1) is 12.6 Å². The van der Waals surface area contributed by atoms with Crippen LogP contribution in [0.5, 0.6) is 11.5 Å². The van der Waals surface area contributed by atoms with Gasteiger partial charge < -0.3 is 25.0 Å². The fourth-order valence-electron chi connectivity index (χ4n) is 3.06. The van der Waals surface area contributed by atoms with Crippen LogP contribution in [-0.2, 0) is 6.54 Å². The minimum atomic E-state index is -0.229. The minimum absolute atomic E-state index is 0. The monoisotopic (exact) mass is 514 g/mol. The van der Waals surface area contributed by atoms with E-state index in [-0.39, 0.29) is 42.6 Å². The van der Waals surface area contributed by atoms with Crippen molar-refractivity contribution in [1.82, 2.24) is 15.5 Å². The smallest absolute Gasteiger partial charge is 0.231 e. The molecule has 0 saturated carbocycles. The van der Waals surface area contributed by atoms with Gasteiger partial charge in [-0.1, -0.05) is 18.2 Å². The average molecular weight is 514 g/mol. The molecule has 0 spiro atoms. The predicted octanol–water partition coefficient (Wildman–Crippen LogP) is 3.53. The summed E-state index contributed by atoms with van der Waals surface area (Å²) < 4.78 is 24.4. The van der Waals surface area contributed by atoms with E-state index in [0.29, 0.717) is 19.0 Å². The number of hydrogen-bond donors (Lipinski definition) is 2. The number of guanidine groups is 1. The molecule has 1 aliphatic heterocycles. The summed E-state index contributed by atoms with van der Waals surface area (Å²) in [6, 6.07) is 12.6. The highest BCUT2D eigenvalue weighted by molar-refractivity contribution is 14.0. The highest BCUT2D eigenvalue weighted by Crippen LogP contribution is 2.32. The van der Waals surface area contributed by atoms with Gasteiger partial charge in [0.1, 0.15) is 5.82 Å². The maximum atomic E-state index is 13.6. The molecule has 0 radical (unpaired) electrons. The largest absolute Gasteiger partial charge is 0.454 e. The Bertz CT molecular complexity index is 832. The molecule has 158 valence electrons. The summed E-state index contributed by atoms with van der Waals surface area (Å²) in [5, 5.41) is 6.61. The van der Waals surface area contributed by atoms with Gasteiger partial charge in [0, 0.05) is 13.1 Å². The quantitative estimate of drug-likeness (QED) is 0.337. The first-order valence-electron chi connectivity index (χ1n) is 9.39. The fourth-order valence-corrected chi connectivity index (χ4v) is 3.06. The molecule has 2 N–H and O–H groups in total. The van der Waals surface area contributed by atoms with Crippen LogP contribution in [0.1, 0.15) is 24.1 Å². The van der Waals surface area contributed by atoms with E-state index in [1.165, 1.54) is 6.07 Å². The lowest BCUT2D eigenvalue weighted by molar-refractivity contribution is 0.174. The van der Waals surface area contributed by atoms with E-state index in [0.717, 1.165) is 29.2 Å². The van der Waals surface area contributed by atoms with E-state index in [4.69, 9.17) is 9.47 Å². The van der Waals surface area contributed by atoms with Gasteiger partial charge in [-0.2, -0.15) is 0 Å². The van der Waals surface area contributed by atoms with Crippen LogP contribution in [0.25, 0.3) is 0 Å². The second-order valence-corrected chi connectivity index (χ2v) is 6.80. The molecule has 6 nitrogen and oxygen atoms in total. The third-order valence-electron chi connectivity index (χ3n) is 4.52. The molecule has 1 aliphatic rings. The summed E-state index contributed by atoms with van der Waals surface area (Å²) in [5.74, 6) is 2.00. The Balaban J connectivity index is 0.00000300. The van der Waals surface area contributed by atoms with Crippen LogP contribution in [0.3, 0.4) is 0 Å². The molecule has 0 fully saturated rings. The van der Waals surface area contributed by atoms with Gasteiger partial charge >= 0.3 is 0 Å². The van der Waals surface area contributed by atoms with Crippen LogP contribution in [0.4, 0.5) is 4.39 Å². The normalized spacial score (nSPS) is 13.8. The van der Waals surface area contributed by atoms with Gasteiger partial charge in [-0.3, -0.25) is 0 Å². The van der Waals surface area contributed by atoms with Crippen LogP contribution in [-0.4, -0.2) is 44.8 Å². The molecule has 8 heteroatoms. The molecule has 1 heterocycles. The van der Waals surface area contributed by atoms with E-state index in [9.17, 15) is 4.39 Å². The van der Waals surface area contributed by atoms with Crippen molar-refractivity contribution in [3.05, 3.63) is 59.4 Å². The molecule has 1 atom stereocenters. The Morgan fingerprint density at radius 2 is 1.93 bits per heavy atom. The van der Waals surface area contributed by atoms with E-state index in [2.05, 4.69) is 20.5 Å². The standard InChI is InChI=1S/C21H27FN4O2.HI/c1-4-23-21(24-12-15-8-9-19-20(10-15)28-14-27-19)25-13-18(26(2)3)16-6-5-7-17(22)11-16;/h5-11,18H,4,12-14H2,1-3H3,(H2,23,24,25);1H. The van der Waals surface area contributed by atoms with Gasteiger partial charge in [-0.05, 0) is 56.4 Å². The maximum Gasteiger partial charge on any atom is 0.231 e. The molecule has 0 saturated heterocycles. The molecule has 0 amide bonds. The number of halogens is 2. The summed E-state index contributed by atoms with van der Waals surface area (Å²) in [5.41, 5.74) is 1.96. The third-order valence-corrected chi connectivity index (χ3v) is 4.52. The minimum Gasteiger partial charge on any atom is -0.454 e. The molecule has 0 aliphatic carbocycles. The van der Waals surface area contributed by atoms with Gasteiger partial charge in [-0.15, -0.1) is 24.0 Å². The highest BCUT2D eigenvalue weighted by atomic mass is 127. The van der Waals surface area contributed by atoms with E-state index in [1.54, 1.807) is 12.1 Å². The fraction of sp³-hybridized carbons (Fsp3) is 0.381. The maximum absolute atomic E-state index is 13.6. The topological polar surface area (TPSA) is 58.1 Å². The number of nitrogens with one attached hydrogen (secondary N) is 2. The van der Waals surface area contributed by atoms with Crippen LogP contribution >= 0.6 is 24.0 Å². The van der Waals surface area contributed by atoms with Gasteiger partial charge in [0.25, 0.3) is 0 Å². The molecular formula is C21H28FIN4O2. The zero-order chi connectivity index (χ0) is 19.9. The number of rotatable bonds is 7. The zero-order valence-electron chi connectivity index (χ0n) is 16.9. The Hall–Kier alpha value is -2.07. The summed E-state index contributed by atoms with van der Waals surface area (Å²) >= 11 is 0. The highest BCUT2D eigenvalue weighted by Gasteiger charge is 2.16. The summed E-state index contributed by atoms with van der Waals surface area (Å²) in [4.78, 5) is 6.72. The Morgan fingerprint density at radius 3 is 2.66 bits per heavy atom. The predicted molar refractivity (Wildman–Crippen MR) is 124 cm³/mol. The molecule has 2 aromatic rings. The Labute approximate surface area is 188 Å². The number of hydrogen-bond acceptors (Lipinski definition) is 4. The van der Waals surface area contributed by atoms with Gasteiger partial charge in [0.2, 0.25) is 6.79 Å². The van der Waals surface area contributed by atoms with Gasteiger partial charge in [-0.25, -0.2) is 9.38 Å². The van der Waals surface area contributed by atoms with Crippen molar-refractivity contribution in [2.45, 2.75) is 19.5 Å². The van der Waals surface area contributed by atoms with Crippen LogP contribution in [0, 0.1) is 5.82 Å². The first-order valence-corrected chi connectivity index (χ1v) is 9.39.